The van der Waals surface area contributed by atoms with Gasteiger partial charge in [-0.25, -0.2) is 0 Å². The molecular formula is C23H33ClNO5-. The van der Waals surface area contributed by atoms with Crippen molar-refractivity contribution in [2.24, 2.45) is 0 Å². The Morgan fingerprint density at radius 3 is 1.73 bits per heavy atom. The van der Waals surface area contributed by atoms with Crippen LogP contribution in [0.25, 0.3) is 0 Å². The molecule has 0 aliphatic carbocycles. The fourth-order valence-electron chi connectivity index (χ4n) is 1.10. The average Bonchev–Trinajstić information content (AvgIpc) is 2.95. The summed E-state index contributed by atoms with van der Waals surface area (Å²) in [4.78, 5) is 22.7. The van der Waals surface area contributed by atoms with Crippen LogP contribution in [0.2, 0.25) is 0 Å². The summed E-state index contributed by atoms with van der Waals surface area (Å²) >= 11 is 0. The fraction of sp³-hybridized carbons (Fsp3) is 0.391. The molecule has 0 bridgehead atoms. The van der Waals surface area contributed by atoms with Gasteiger partial charge in [0, 0.05) is 35.9 Å². The van der Waals surface area contributed by atoms with Crippen LogP contribution in [0.5, 0.6) is 11.5 Å². The van der Waals surface area contributed by atoms with E-state index in [0.29, 0.717) is 0 Å². The van der Waals surface area contributed by atoms with E-state index in [1.807, 2.05) is 0 Å². The molecule has 0 heterocycles. The molecule has 2 aromatic carbocycles. The molecule has 6 nitrogen and oxygen atoms in total. The number of hydrogen-bond donors (Lipinski definition) is 1. The Morgan fingerprint density at radius 1 is 0.933 bits per heavy atom. The minimum Gasteiger partial charge on any atom is -1.00 e. The van der Waals surface area contributed by atoms with E-state index in [2.05, 4.69) is 9.47 Å². The molecule has 0 fully saturated rings. The van der Waals surface area contributed by atoms with Gasteiger partial charge in [-0.05, 0) is 35.3 Å². The summed E-state index contributed by atoms with van der Waals surface area (Å²) in [5.41, 5.74) is -2.27. The van der Waals surface area contributed by atoms with Crippen LogP contribution in [0.4, 0.5) is 0 Å². The zero-order chi connectivity index (χ0) is 47.8. The predicted octanol–water partition coefficient (Wildman–Crippen LogP) is 1.07. The highest BCUT2D eigenvalue weighted by molar-refractivity contribution is 5.78. The molecule has 0 spiro atoms. The second-order valence-electron chi connectivity index (χ2n) is 3.98. The van der Waals surface area contributed by atoms with Crippen molar-refractivity contribution in [1.29, 1.82) is 0 Å². The van der Waals surface area contributed by atoms with Gasteiger partial charge in [-0.1, -0.05) is 44.3 Å². The van der Waals surface area contributed by atoms with Gasteiger partial charge < -0.3 is 31.9 Å². The third kappa shape index (κ3) is 13.4. The van der Waals surface area contributed by atoms with Crippen molar-refractivity contribution >= 4 is 11.9 Å². The summed E-state index contributed by atoms with van der Waals surface area (Å²) in [5.74, 6) is -6.08. The van der Waals surface area contributed by atoms with Crippen molar-refractivity contribution in [2.45, 2.75) is 32.9 Å². The molecular weight excluding hydrogens is 406 g/mol. The third-order valence-corrected chi connectivity index (χ3v) is 2.08. The number of carbonyl (C=O) groups is 2. The topological polar surface area (TPSA) is 76.1 Å². The number of nitrogens with zero attached hydrogens (tertiary/aromatic N) is 1. The molecule has 0 atom stereocenters. The van der Waals surface area contributed by atoms with Crippen LogP contribution in [0.1, 0.15) is 72.4 Å². The van der Waals surface area contributed by atoms with Gasteiger partial charge in [0.1, 0.15) is 11.5 Å². The Morgan fingerprint density at radius 2 is 1.40 bits per heavy atom. The molecule has 0 saturated carbocycles. The highest BCUT2D eigenvalue weighted by Crippen LogP contribution is 2.12. The average molecular weight is 469 g/mol. The lowest BCUT2D eigenvalue weighted by Crippen LogP contribution is -3.00. The first kappa shape index (κ1) is 6.16. The SMILES string of the molecule is [2H]C([2H])([2H])CC([2H])([2H])[2H].[2H]c1c([2H])c(C([2H])([2H])C(=O)N(C([2H])([2H])[2H])C([2H])([2H])[2H])c([2H])c([2H])c1OC([2H])([2H])[2H].[2H]c1c([2H])c(C([2H])([2H])C(=O)O)c([2H])c([2H])c1OC([2H])([2H])[2H].[Cl-]. The molecule has 1 N–H and O–H groups in total. The number of carbonyl (C=O) groups excluding carboxylic acids is 1. The van der Waals surface area contributed by atoms with Crippen molar-refractivity contribution in [3.05, 3.63) is 59.5 Å². The van der Waals surface area contributed by atoms with E-state index in [1.165, 1.54) is 0 Å². The number of methoxy groups -OCH3 is 2. The van der Waals surface area contributed by atoms with E-state index in [9.17, 15) is 9.59 Å². The zero-order valence-electron chi connectivity index (χ0n) is 44.6. The lowest BCUT2D eigenvalue weighted by Gasteiger charge is -2.10. The van der Waals surface area contributed by atoms with E-state index in [0.717, 1.165) is 0 Å². The van der Waals surface area contributed by atoms with Crippen molar-refractivity contribution in [3.8, 4) is 11.5 Å². The van der Waals surface area contributed by atoms with Gasteiger partial charge in [0.25, 0.3) is 0 Å². The maximum atomic E-state index is 12.5. The number of benzene rings is 2. The molecule has 0 aliphatic rings. The van der Waals surface area contributed by atoms with Gasteiger partial charge in [-0.15, -0.1) is 0 Å². The van der Waals surface area contributed by atoms with E-state index in [-0.39, 0.29) is 12.4 Å². The Kier molecular flexibility index (Phi) is 3.52. The second kappa shape index (κ2) is 17.2. The summed E-state index contributed by atoms with van der Waals surface area (Å²) in [7, 11) is -6.20. The van der Waals surface area contributed by atoms with Crippen molar-refractivity contribution < 1.29 is 77.7 Å². The molecule has 0 aromatic heterocycles. The Labute approximate surface area is 228 Å². The van der Waals surface area contributed by atoms with Gasteiger partial charge in [0.2, 0.25) is 5.91 Å². The van der Waals surface area contributed by atoms with E-state index >= 15 is 0 Å². The van der Waals surface area contributed by atoms with Crippen LogP contribution in [0.3, 0.4) is 0 Å². The van der Waals surface area contributed by atoms with Crippen LogP contribution < -0.4 is 21.9 Å². The molecule has 2 rings (SSSR count). The normalized spacial score (nSPS) is 26.9. The van der Waals surface area contributed by atoms with Gasteiger partial charge in [-0.3, -0.25) is 9.59 Å². The maximum absolute atomic E-state index is 12.5. The molecule has 0 aliphatic heterocycles. The fourth-order valence-corrected chi connectivity index (χ4v) is 1.10. The molecule has 1 amide bonds. The lowest BCUT2D eigenvalue weighted by molar-refractivity contribution is -0.136. The molecule has 7 heteroatoms. The monoisotopic (exact) mass is 468 g/mol. The quantitative estimate of drug-likeness (QED) is 0.686. The largest absolute Gasteiger partial charge is 1.00 e. The molecule has 168 valence electrons. The molecule has 2 aromatic rings. The predicted molar refractivity (Wildman–Crippen MR) is 116 cm³/mol. The van der Waals surface area contributed by atoms with Crippen LogP contribution in [0, 0.1) is 0 Å². The number of likely N-dealkylation sites (N-methyl/N-ethyl adjacent to an activating group) is 1. The minimum atomic E-state index is -3.62. The van der Waals surface area contributed by atoms with E-state index in [4.69, 9.17) is 46.2 Å². The first-order valence-electron chi connectivity index (χ1n) is 21.8. The summed E-state index contributed by atoms with van der Waals surface area (Å²) in [6.07, 6.45) is -7.50. The number of carboxylic acids is 1. The second-order valence-corrected chi connectivity index (χ2v) is 3.98. The molecule has 0 radical (unpaired) electrons. The third-order valence-electron chi connectivity index (χ3n) is 2.08. The Bertz CT molecular complexity index is 1770. The van der Waals surface area contributed by atoms with E-state index in [1.54, 1.807) is 0 Å². The van der Waals surface area contributed by atoms with Crippen molar-refractivity contribution in [3.63, 3.8) is 0 Å². The highest BCUT2D eigenvalue weighted by atomic mass is 35.5. The van der Waals surface area contributed by atoms with Crippen molar-refractivity contribution in [2.75, 3.05) is 28.0 Å². The Hall–Kier alpha value is -2.73. The first-order valence-corrected chi connectivity index (χ1v) is 6.83. The Balaban J connectivity index is 0. The summed E-state index contributed by atoms with van der Waals surface area (Å²) in [5, 5.41) is 8.80. The first-order chi connectivity index (χ1) is 25.6. The van der Waals surface area contributed by atoms with E-state index < -0.39 is 149 Å². The molecule has 0 unspecified atom stereocenters. The standard InChI is InChI=1S/C11H15NO2.C9H10O3.C3H8.ClH/c1-12(2)11(13)8-9-4-6-10(14-3)7-5-9;1-12-8-4-2-7(3-5-8)6-9(10)11;1-3-2;/h4-7H,8H2,1-3H3;2-5H,6H2,1H3,(H,10,11);3H2,1-2H3;1H/p-1/i1D3,2D3,3D3,4D,5D,6D,7D,8D2;1D3,2D,3D,4D,5D,6D2;1D3,2D3;. The van der Waals surface area contributed by atoms with Crippen LogP contribution in [0.15, 0.2) is 48.3 Å². The van der Waals surface area contributed by atoms with Crippen LogP contribution in [-0.4, -0.2) is 49.9 Å². The maximum Gasteiger partial charge on any atom is 0.307 e. The summed E-state index contributed by atoms with van der Waals surface area (Å²) in [6, 6.07) is -8.73. The smallest absolute Gasteiger partial charge is 0.307 e. The van der Waals surface area contributed by atoms with Crippen LogP contribution >= 0.6 is 0 Å². The number of rotatable bonds is 6. The summed E-state index contributed by atoms with van der Waals surface area (Å²) in [6.45, 7) is -11.9. The van der Waals surface area contributed by atoms with Crippen molar-refractivity contribution in [1.82, 2.24) is 4.90 Å². The van der Waals surface area contributed by atoms with Gasteiger partial charge in [0.05, 0.1) is 46.0 Å². The number of hydrogen-bond acceptors (Lipinski definition) is 4. The summed E-state index contributed by atoms with van der Waals surface area (Å²) < 4.78 is 225. The van der Waals surface area contributed by atoms with Gasteiger partial charge >= 0.3 is 5.97 Å². The number of amides is 1. The highest BCUT2D eigenvalue weighted by Gasteiger charge is 2.05. The molecule has 30 heavy (non-hydrogen) atoms. The lowest BCUT2D eigenvalue weighted by atomic mass is 10.1. The molecule has 0 saturated heterocycles. The van der Waals surface area contributed by atoms with Crippen LogP contribution in [-0.2, 0) is 22.3 Å². The minimum absolute atomic E-state index is 0. The zero-order valence-corrected chi connectivity index (χ0v) is 15.4. The van der Waals surface area contributed by atoms with Gasteiger partial charge in [0.15, 0.2) is 0 Å². The number of ether oxygens (including phenoxy) is 2. The van der Waals surface area contributed by atoms with Gasteiger partial charge in [-0.2, -0.15) is 0 Å². The number of aliphatic carboxylic acids is 1. The number of carboxylic acid groups (broad SMARTS) is 1. The number of halogens is 1.